The number of ether oxygens (including phenoxy) is 1. The van der Waals surface area contributed by atoms with Crippen molar-refractivity contribution in [2.24, 2.45) is 0 Å². The monoisotopic (exact) mass is 210 g/mol. The number of hydrogen-bond acceptors (Lipinski definition) is 2. The van der Waals surface area contributed by atoms with E-state index in [-0.39, 0.29) is 17.5 Å². The first-order valence-electron chi connectivity index (χ1n) is 5.04. The highest BCUT2D eigenvalue weighted by atomic mass is 19.1. The van der Waals surface area contributed by atoms with Crippen LogP contribution >= 0.6 is 0 Å². The normalized spacial score (nSPS) is 10.5. The molecule has 0 aliphatic rings. The molecule has 0 saturated heterocycles. The van der Waals surface area contributed by atoms with Crippen molar-refractivity contribution < 1.29 is 13.9 Å². The second-order valence-electron chi connectivity index (χ2n) is 3.58. The van der Waals surface area contributed by atoms with Crippen LogP contribution in [0.15, 0.2) is 18.2 Å². The molecule has 1 aromatic rings. The van der Waals surface area contributed by atoms with Gasteiger partial charge in [0, 0.05) is 12.5 Å². The van der Waals surface area contributed by atoms with Crippen LogP contribution in [0.2, 0.25) is 0 Å². The standard InChI is InChI=1S/C12H15FO2/c1-4-12(14)10-6-5-9(7-11(10)13)15-8(2)3/h5-8H,4H2,1-3H3. The Kier molecular flexibility index (Phi) is 3.83. The third-order valence-electron chi connectivity index (χ3n) is 1.93. The van der Waals surface area contributed by atoms with Gasteiger partial charge in [0.2, 0.25) is 0 Å². The molecule has 0 heterocycles. The van der Waals surface area contributed by atoms with Crippen LogP contribution in [0.5, 0.6) is 5.75 Å². The van der Waals surface area contributed by atoms with E-state index in [9.17, 15) is 9.18 Å². The van der Waals surface area contributed by atoms with Crippen LogP contribution in [0.4, 0.5) is 4.39 Å². The zero-order valence-electron chi connectivity index (χ0n) is 9.21. The van der Waals surface area contributed by atoms with Crippen molar-refractivity contribution in [3.8, 4) is 5.75 Å². The van der Waals surface area contributed by atoms with Crippen LogP contribution < -0.4 is 4.74 Å². The van der Waals surface area contributed by atoms with Crippen molar-refractivity contribution in [1.82, 2.24) is 0 Å². The summed E-state index contributed by atoms with van der Waals surface area (Å²) in [5.41, 5.74) is 0.133. The van der Waals surface area contributed by atoms with E-state index in [1.165, 1.54) is 12.1 Å². The number of halogens is 1. The fourth-order valence-corrected chi connectivity index (χ4v) is 1.26. The molecule has 0 amide bonds. The van der Waals surface area contributed by atoms with Crippen molar-refractivity contribution in [3.63, 3.8) is 0 Å². The lowest BCUT2D eigenvalue weighted by atomic mass is 10.1. The maximum absolute atomic E-state index is 13.4. The molecule has 0 aromatic heterocycles. The number of ketones is 1. The van der Waals surface area contributed by atoms with E-state index in [2.05, 4.69) is 0 Å². The molecule has 0 bridgehead atoms. The number of rotatable bonds is 4. The van der Waals surface area contributed by atoms with E-state index in [0.717, 1.165) is 0 Å². The summed E-state index contributed by atoms with van der Waals surface area (Å²) in [7, 11) is 0. The van der Waals surface area contributed by atoms with Crippen molar-refractivity contribution in [2.75, 3.05) is 0 Å². The Bertz CT molecular complexity index is 359. The number of carbonyl (C=O) groups excluding carboxylic acids is 1. The molecule has 0 radical (unpaired) electrons. The first-order valence-corrected chi connectivity index (χ1v) is 5.04. The van der Waals surface area contributed by atoms with Crippen molar-refractivity contribution >= 4 is 5.78 Å². The lowest BCUT2D eigenvalue weighted by molar-refractivity contribution is 0.0984. The van der Waals surface area contributed by atoms with Crippen molar-refractivity contribution in [1.29, 1.82) is 0 Å². The zero-order valence-corrected chi connectivity index (χ0v) is 9.21. The minimum absolute atomic E-state index is 0.00266. The van der Waals surface area contributed by atoms with Gasteiger partial charge in [-0.25, -0.2) is 4.39 Å². The average Bonchev–Trinajstić information content (AvgIpc) is 2.16. The molecular formula is C12H15FO2. The third-order valence-corrected chi connectivity index (χ3v) is 1.93. The fourth-order valence-electron chi connectivity index (χ4n) is 1.26. The maximum Gasteiger partial charge on any atom is 0.165 e. The van der Waals surface area contributed by atoms with Gasteiger partial charge >= 0.3 is 0 Å². The average molecular weight is 210 g/mol. The maximum atomic E-state index is 13.4. The number of carbonyl (C=O) groups is 1. The van der Waals surface area contributed by atoms with E-state index < -0.39 is 5.82 Å². The summed E-state index contributed by atoms with van der Waals surface area (Å²) in [6, 6.07) is 4.34. The van der Waals surface area contributed by atoms with E-state index in [1.54, 1.807) is 13.0 Å². The molecular weight excluding hydrogens is 195 g/mol. The third kappa shape index (κ3) is 3.05. The number of hydrogen-bond donors (Lipinski definition) is 0. The lowest BCUT2D eigenvalue weighted by Gasteiger charge is -2.10. The molecule has 0 unspecified atom stereocenters. The van der Waals surface area contributed by atoms with Gasteiger partial charge in [0.1, 0.15) is 11.6 Å². The van der Waals surface area contributed by atoms with Crippen molar-refractivity contribution in [3.05, 3.63) is 29.6 Å². The highest BCUT2D eigenvalue weighted by molar-refractivity contribution is 5.96. The zero-order chi connectivity index (χ0) is 11.4. The molecule has 0 fully saturated rings. The highest BCUT2D eigenvalue weighted by Gasteiger charge is 2.10. The summed E-state index contributed by atoms with van der Waals surface area (Å²) >= 11 is 0. The molecule has 0 atom stereocenters. The second-order valence-corrected chi connectivity index (χ2v) is 3.58. The summed E-state index contributed by atoms with van der Waals surface area (Å²) in [5.74, 6) is -0.251. The molecule has 82 valence electrons. The van der Waals surface area contributed by atoms with Gasteiger partial charge in [-0.2, -0.15) is 0 Å². The van der Waals surface area contributed by atoms with Crippen LogP contribution in [0.3, 0.4) is 0 Å². The van der Waals surface area contributed by atoms with Gasteiger partial charge < -0.3 is 4.74 Å². The fraction of sp³-hybridized carbons (Fsp3) is 0.417. The van der Waals surface area contributed by atoms with E-state index in [0.29, 0.717) is 12.2 Å². The Morgan fingerprint density at radius 3 is 2.60 bits per heavy atom. The van der Waals surface area contributed by atoms with Crippen LogP contribution in [-0.2, 0) is 0 Å². The van der Waals surface area contributed by atoms with E-state index in [1.807, 2.05) is 13.8 Å². The molecule has 0 N–H and O–H groups in total. The Hall–Kier alpha value is -1.38. The van der Waals surface area contributed by atoms with Gasteiger partial charge in [-0.1, -0.05) is 6.92 Å². The van der Waals surface area contributed by atoms with Gasteiger partial charge in [0.15, 0.2) is 5.78 Å². The van der Waals surface area contributed by atoms with E-state index >= 15 is 0 Å². The van der Waals surface area contributed by atoms with Crippen LogP contribution in [0, 0.1) is 5.82 Å². The summed E-state index contributed by atoms with van der Waals surface area (Å²) in [5, 5.41) is 0. The summed E-state index contributed by atoms with van der Waals surface area (Å²) in [4.78, 5) is 11.3. The predicted molar refractivity (Wildman–Crippen MR) is 56.8 cm³/mol. The largest absolute Gasteiger partial charge is 0.491 e. The van der Waals surface area contributed by atoms with Gasteiger partial charge in [-0.15, -0.1) is 0 Å². The van der Waals surface area contributed by atoms with Gasteiger partial charge in [0.25, 0.3) is 0 Å². The molecule has 1 rings (SSSR count). The number of Topliss-reactive ketones (excluding diaryl/α,β-unsaturated/α-hetero) is 1. The lowest BCUT2D eigenvalue weighted by Crippen LogP contribution is -2.07. The molecule has 0 aliphatic carbocycles. The quantitative estimate of drug-likeness (QED) is 0.713. The summed E-state index contributed by atoms with van der Waals surface area (Å²) in [6.07, 6.45) is 0.304. The van der Waals surface area contributed by atoms with Crippen molar-refractivity contribution in [2.45, 2.75) is 33.3 Å². The topological polar surface area (TPSA) is 26.3 Å². The molecule has 15 heavy (non-hydrogen) atoms. The van der Waals surface area contributed by atoms with E-state index in [4.69, 9.17) is 4.74 Å². The summed E-state index contributed by atoms with van der Waals surface area (Å²) < 4.78 is 18.7. The predicted octanol–water partition coefficient (Wildman–Crippen LogP) is 3.21. The first kappa shape index (κ1) is 11.7. The molecule has 0 aliphatic heterocycles. The Morgan fingerprint density at radius 1 is 1.47 bits per heavy atom. The van der Waals surface area contributed by atoms with Gasteiger partial charge in [0.05, 0.1) is 11.7 Å². The molecule has 0 spiro atoms. The Morgan fingerprint density at radius 2 is 2.13 bits per heavy atom. The van der Waals surface area contributed by atoms with Crippen LogP contribution in [0.25, 0.3) is 0 Å². The minimum atomic E-state index is -0.514. The SMILES string of the molecule is CCC(=O)c1ccc(OC(C)C)cc1F. The summed E-state index contributed by atoms with van der Waals surface area (Å²) in [6.45, 7) is 5.44. The number of benzene rings is 1. The molecule has 2 nitrogen and oxygen atoms in total. The minimum Gasteiger partial charge on any atom is -0.491 e. The van der Waals surface area contributed by atoms with Gasteiger partial charge in [-0.05, 0) is 26.0 Å². The first-order chi connectivity index (χ1) is 7.04. The molecule has 1 aromatic carbocycles. The second kappa shape index (κ2) is 4.91. The Balaban J connectivity index is 2.93. The van der Waals surface area contributed by atoms with Gasteiger partial charge in [-0.3, -0.25) is 4.79 Å². The molecule has 0 saturated carbocycles. The highest BCUT2D eigenvalue weighted by Crippen LogP contribution is 2.18. The molecule has 3 heteroatoms. The smallest absolute Gasteiger partial charge is 0.165 e. The Labute approximate surface area is 89.1 Å². The van der Waals surface area contributed by atoms with Crippen LogP contribution in [0.1, 0.15) is 37.6 Å². The van der Waals surface area contributed by atoms with Crippen LogP contribution in [-0.4, -0.2) is 11.9 Å².